The number of rotatable bonds is 6. The Morgan fingerprint density at radius 1 is 0.852 bits per heavy atom. The minimum Gasteiger partial charge on any atom is -0.340 e. The third-order valence-electron chi connectivity index (χ3n) is 3.66. The van der Waals surface area contributed by atoms with Gasteiger partial charge in [0.05, 0.1) is 0 Å². The van der Waals surface area contributed by atoms with Crippen molar-refractivity contribution in [1.82, 2.24) is 9.97 Å². The number of hydrogen-bond donors (Lipinski definition) is 3. The molecular formula is C20H19N5O2. The summed E-state index contributed by atoms with van der Waals surface area (Å²) >= 11 is 0. The quantitative estimate of drug-likeness (QED) is 0.572. The highest BCUT2D eigenvalue weighted by molar-refractivity contribution is 5.95. The molecule has 3 N–H and O–H groups in total. The summed E-state index contributed by atoms with van der Waals surface area (Å²) in [6, 6.07) is 16.2. The number of nitrogens with one attached hydrogen (secondary N) is 3. The van der Waals surface area contributed by atoms with Crippen LogP contribution in [-0.2, 0) is 4.79 Å². The van der Waals surface area contributed by atoms with Crippen LogP contribution in [0.25, 0.3) is 0 Å². The number of hydrogen-bond acceptors (Lipinski definition) is 6. The zero-order chi connectivity index (χ0) is 19.2. The summed E-state index contributed by atoms with van der Waals surface area (Å²) in [5, 5.41) is 8.99. The van der Waals surface area contributed by atoms with E-state index >= 15 is 0 Å². The van der Waals surface area contributed by atoms with Gasteiger partial charge in [-0.15, -0.1) is 0 Å². The first-order chi connectivity index (χ1) is 13.0. The van der Waals surface area contributed by atoms with Gasteiger partial charge in [0.2, 0.25) is 11.9 Å². The summed E-state index contributed by atoms with van der Waals surface area (Å²) in [6.07, 6.45) is 1.64. The van der Waals surface area contributed by atoms with Gasteiger partial charge >= 0.3 is 0 Å². The van der Waals surface area contributed by atoms with E-state index in [-0.39, 0.29) is 11.7 Å². The molecule has 0 unspecified atom stereocenters. The lowest BCUT2D eigenvalue weighted by molar-refractivity contribution is -0.114. The Morgan fingerprint density at radius 2 is 1.59 bits per heavy atom. The molecule has 0 aliphatic carbocycles. The van der Waals surface area contributed by atoms with Crippen molar-refractivity contribution in [3.63, 3.8) is 0 Å². The van der Waals surface area contributed by atoms with Crippen molar-refractivity contribution in [2.75, 3.05) is 16.0 Å². The van der Waals surface area contributed by atoms with E-state index in [0.29, 0.717) is 17.3 Å². The lowest BCUT2D eigenvalue weighted by Gasteiger charge is -2.10. The molecule has 1 aromatic heterocycles. The molecule has 0 fully saturated rings. The van der Waals surface area contributed by atoms with E-state index in [0.717, 1.165) is 17.1 Å². The molecule has 0 spiro atoms. The fraction of sp³-hybridized carbons (Fsp3) is 0.100. The zero-order valence-corrected chi connectivity index (χ0v) is 15.0. The molecule has 2 aromatic carbocycles. The van der Waals surface area contributed by atoms with Crippen molar-refractivity contribution in [2.24, 2.45) is 0 Å². The summed E-state index contributed by atoms with van der Waals surface area (Å²) in [5.41, 5.74) is 2.91. The van der Waals surface area contributed by atoms with E-state index < -0.39 is 0 Å². The number of ketones is 1. The van der Waals surface area contributed by atoms with Crippen LogP contribution in [0.15, 0.2) is 60.8 Å². The maximum absolute atomic E-state index is 11.5. The largest absolute Gasteiger partial charge is 0.340 e. The molecule has 0 aliphatic rings. The lowest BCUT2D eigenvalue weighted by Crippen LogP contribution is -2.05. The van der Waals surface area contributed by atoms with Crippen LogP contribution in [-0.4, -0.2) is 21.7 Å². The molecule has 27 heavy (non-hydrogen) atoms. The Kier molecular flexibility index (Phi) is 5.41. The molecule has 136 valence electrons. The summed E-state index contributed by atoms with van der Waals surface area (Å²) < 4.78 is 0. The minimum absolute atomic E-state index is 0.00213. The van der Waals surface area contributed by atoms with Crippen molar-refractivity contribution in [3.8, 4) is 0 Å². The minimum atomic E-state index is -0.115. The molecule has 7 heteroatoms. The Morgan fingerprint density at radius 3 is 2.30 bits per heavy atom. The van der Waals surface area contributed by atoms with Crippen LogP contribution in [0.4, 0.5) is 28.8 Å². The Hall–Kier alpha value is -3.74. The number of aromatic nitrogens is 2. The van der Waals surface area contributed by atoms with Gasteiger partial charge in [0.1, 0.15) is 5.82 Å². The molecular weight excluding hydrogens is 342 g/mol. The topological polar surface area (TPSA) is 96.0 Å². The van der Waals surface area contributed by atoms with Crippen molar-refractivity contribution in [1.29, 1.82) is 0 Å². The van der Waals surface area contributed by atoms with Crippen LogP contribution in [0.2, 0.25) is 0 Å². The van der Waals surface area contributed by atoms with Gasteiger partial charge < -0.3 is 16.0 Å². The monoisotopic (exact) mass is 361 g/mol. The van der Waals surface area contributed by atoms with Crippen LogP contribution in [0, 0.1) is 0 Å². The van der Waals surface area contributed by atoms with Crippen molar-refractivity contribution >= 4 is 40.5 Å². The van der Waals surface area contributed by atoms with Gasteiger partial charge in [-0.3, -0.25) is 9.59 Å². The maximum atomic E-state index is 11.5. The van der Waals surface area contributed by atoms with Gasteiger partial charge in [0.25, 0.3) is 0 Å². The number of carbonyl (C=O) groups is 2. The molecule has 0 bridgehead atoms. The Labute approximate surface area is 156 Å². The lowest BCUT2D eigenvalue weighted by atomic mass is 10.1. The second-order valence-corrected chi connectivity index (χ2v) is 5.91. The van der Waals surface area contributed by atoms with Crippen LogP contribution >= 0.6 is 0 Å². The summed E-state index contributed by atoms with van der Waals surface area (Å²) in [5.74, 6) is 0.909. The Balaban J connectivity index is 1.71. The molecule has 3 aromatic rings. The van der Waals surface area contributed by atoms with Crippen molar-refractivity contribution in [2.45, 2.75) is 13.8 Å². The van der Waals surface area contributed by atoms with E-state index in [2.05, 4.69) is 25.9 Å². The predicted molar refractivity (Wildman–Crippen MR) is 106 cm³/mol. The molecule has 3 rings (SSSR count). The maximum Gasteiger partial charge on any atom is 0.229 e. The molecule has 1 heterocycles. The number of carbonyl (C=O) groups excluding carboxylic acids is 2. The number of anilines is 5. The van der Waals surface area contributed by atoms with Gasteiger partial charge in [-0.1, -0.05) is 12.1 Å². The van der Waals surface area contributed by atoms with Crippen LogP contribution < -0.4 is 16.0 Å². The normalized spacial score (nSPS) is 10.1. The van der Waals surface area contributed by atoms with Gasteiger partial charge in [0, 0.05) is 35.7 Å². The molecule has 0 atom stereocenters. The number of Topliss-reactive ketones (excluding diaryl/α,β-unsaturated/α-hetero) is 1. The van der Waals surface area contributed by atoms with Gasteiger partial charge in [-0.2, -0.15) is 4.98 Å². The second kappa shape index (κ2) is 8.09. The zero-order valence-electron chi connectivity index (χ0n) is 15.0. The fourth-order valence-corrected chi connectivity index (χ4v) is 2.42. The first kappa shape index (κ1) is 18.1. The van der Waals surface area contributed by atoms with Gasteiger partial charge in [0.15, 0.2) is 5.78 Å². The third-order valence-corrected chi connectivity index (χ3v) is 3.66. The average molecular weight is 361 g/mol. The summed E-state index contributed by atoms with van der Waals surface area (Å²) in [7, 11) is 0. The highest BCUT2D eigenvalue weighted by Crippen LogP contribution is 2.20. The number of nitrogens with zero attached hydrogens (tertiary/aromatic N) is 2. The van der Waals surface area contributed by atoms with Crippen LogP contribution in [0.5, 0.6) is 0 Å². The van der Waals surface area contributed by atoms with E-state index in [4.69, 9.17) is 0 Å². The van der Waals surface area contributed by atoms with Crippen LogP contribution in [0.1, 0.15) is 24.2 Å². The summed E-state index contributed by atoms with van der Waals surface area (Å²) in [6.45, 7) is 2.99. The highest BCUT2D eigenvalue weighted by atomic mass is 16.1. The molecule has 0 aliphatic heterocycles. The molecule has 0 saturated heterocycles. The van der Waals surface area contributed by atoms with Gasteiger partial charge in [-0.05, 0) is 49.4 Å². The number of amides is 1. The number of benzene rings is 2. The smallest absolute Gasteiger partial charge is 0.229 e. The van der Waals surface area contributed by atoms with E-state index in [1.54, 1.807) is 42.6 Å². The first-order valence-corrected chi connectivity index (χ1v) is 8.35. The second-order valence-electron chi connectivity index (χ2n) is 5.91. The van der Waals surface area contributed by atoms with Crippen molar-refractivity contribution < 1.29 is 9.59 Å². The van der Waals surface area contributed by atoms with E-state index in [1.165, 1.54) is 13.8 Å². The third kappa shape index (κ3) is 5.12. The SMILES string of the molecule is CC(=O)Nc1ccc(Nc2ccnc(Nc3cccc(C(C)=O)c3)n2)cc1. The van der Waals surface area contributed by atoms with Crippen molar-refractivity contribution in [3.05, 3.63) is 66.4 Å². The summed E-state index contributed by atoms with van der Waals surface area (Å²) in [4.78, 5) is 31.2. The fourth-order valence-electron chi connectivity index (χ4n) is 2.42. The van der Waals surface area contributed by atoms with Crippen LogP contribution in [0.3, 0.4) is 0 Å². The van der Waals surface area contributed by atoms with Gasteiger partial charge in [-0.25, -0.2) is 4.98 Å². The Bertz CT molecular complexity index is 970. The molecule has 0 saturated carbocycles. The molecule has 0 radical (unpaired) electrons. The average Bonchev–Trinajstić information content (AvgIpc) is 2.63. The highest BCUT2D eigenvalue weighted by Gasteiger charge is 2.04. The molecule has 1 amide bonds. The van der Waals surface area contributed by atoms with E-state index in [1.807, 2.05) is 18.2 Å². The first-order valence-electron chi connectivity index (χ1n) is 8.35. The predicted octanol–water partition coefficient (Wildman–Crippen LogP) is 4.12. The van der Waals surface area contributed by atoms with E-state index in [9.17, 15) is 9.59 Å². The standard InChI is InChI=1S/C20H19N5O2/c1-13(26)15-4-3-5-18(12-15)24-20-21-11-10-19(25-20)23-17-8-6-16(7-9-17)22-14(2)27/h3-12H,1-2H3,(H,22,27)(H2,21,23,24,25). The molecule has 7 nitrogen and oxygen atoms in total.